The van der Waals surface area contributed by atoms with E-state index in [1.165, 1.54) is 11.3 Å². The summed E-state index contributed by atoms with van der Waals surface area (Å²) in [6.07, 6.45) is 1.63. The first-order valence-corrected chi connectivity index (χ1v) is 9.78. The molecule has 0 amide bonds. The van der Waals surface area contributed by atoms with Gasteiger partial charge in [-0.1, -0.05) is 13.8 Å². The molecule has 1 N–H and O–H groups in total. The second kappa shape index (κ2) is 6.93. The topological polar surface area (TPSA) is 66.1 Å². The second-order valence-electron chi connectivity index (χ2n) is 5.37. The van der Waals surface area contributed by atoms with Gasteiger partial charge < -0.3 is 0 Å². The van der Waals surface area contributed by atoms with Crippen molar-refractivity contribution in [1.29, 1.82) is 0 Å². The van der Waals surface area contributed by atoms with E-state index in [4.69, 9.17) is 0 Å². The molecule has 2 heterocycles. The number of aryl methyl sites for hydroxylation is 2. The molecular weight excluding hydrogens is 318 g/mol. The van der Waals surface area contributed by atoms with E-state index >= 15 is 0 Å². The van der Waals surface area contributed by atoms with Crippen molar-refractivity contribution < 1.29 is 8.42 Å². The summed E-state index contributed by atoms with van der Waals surface area (Å²) in [5, 5.41) is 7.11. The highest BCUT2D eigenvalue weighted by molar-refractivity contribution is 7.89. The van der Waals surface area contributed by atoms with Gasteiger partial charge in [0.05, 0.1) is 9.77 Å². The molecular formula is C15H23N3O2S2. The van der Waals surface area contributed by atoms with Gasteiger partial charge in [0, 0.05) is 23.7 Å². The molecule has 0 aliphatic rings. The van der Waals surface area contributed by atoms with Crippen molar-refractivity contribution in [2.75, 3.05) is 13.1 Å². The fourth-order valence-corrected chi connectivity index (χ4v) is 5.53. The van der Waals surface area contributed by atoms with Crippen LogP contribution in [0.4, 0.5) is 0 Å². The molecule has 2 aromatic rings. The monoisotopic (exact) mass is 341 g/mol. The van der Waals surface area contributed by atoms with E-state index in [0.717, 1.165) is 34.0 Å². The zero-order chi connectivity index (χ0) is 16.3. The van der Waals surface area contributed by atoms with Crippen molar-refractivity contribution in [3.63, 3.8) is 0 Å². The van der Waals surface area contributed by atoms with Crippen LogP contribution in [0, 0.1) is 13.8 Å². The third kappa shape index (κ3) is 3.42. The summed E-state index contributed by atoms with van der Waals surface area (Å²) in [4.78, 5) is 2.11. The highest BCUT2D eigenvalue weighted by atomic mass is 32.2. The molecule has 0 aliphatic heterocycles. The van der Waals surface area contributed by atoms with Crippen LogP contribution < -0.4 is 0 Å². The average molecular weight is 342 g/mol. The van der Waals surface area contributed by atoms with Gasteiger partial charge in [0.15, 0.2) is 0 Å². The first kappa shape index (κ1) is 17.2. The van der Waals surface area contributed by atoms with Crippen LogP contribution >= 0.6 is 11.3 Å². The second-order valence-corrected chi connectivity index (χ2v) is 8.53. The normalized spacial score (nSPS) is 12.2. The number of nitrogens with one attached hydrogen (secondary N) is 1. The Balaban J connectivity index is 2.41. The summed E-state index contributed by atoms with van der Waals surface area (Å²) in [7, 11) is -3.43. The number of rotatable bonds is 7. The molecule has 0 radical (unpaired) electrons. The molecule has 0 spiro atoms. The molecule has 122 valence electrons. The average Bonchev–Trinajstić information content (AvgIpc) is 3.05. The minimum atomic E-state index is -3.43. The van der Waals surface area contributed by atoms with Crippen LogP contribution in [0.2, 0.25) is 0 Å². The van der Waals surface area contributed by atoms with Crippen molar-refractivity contribution >= 4 is 21.4 Å². The maximum Gasteiger partial charge on any atom is 0.244 e. The van der Waals surface area contributed by atoms with Gasteiger partial charge in [-0.2, -0.15) is 9.40 Å². The van der Waals surface area contributed by atoms with E-state index < -0.39 is 10.0 Å². The smallest absolute Gasteiger partial charge is 0.244 e. The summed E-state index contributed by atoms with van der Waals surface area (Å²) in [6.45, 7) is 8.90. The lowest BCUT2D eigenvalue weighted by Gasteiger charge is -2.20. The number of H-pyrrole nitrogens is 1. The van der Waals surface area contributed by atoms with Crippen LogP contribution in [-0.4, -0.2) is 36.0 Å². The highest BCUT2D eigenvalue weighted by Crippen LogP contribution is 2.34. The van der Waals surface area contributed by atoms with Crippen LogP contribution in [0.25, 0.3) is 10.6 Å². The molecule has 0 fully saturated rings. The van der Waals surface area contributed by atoms with Gasteiger partial charge in [-0.3, -0.25) is 5.10 Å². The quantitative estimate of drug-likeness (QED) is 0.837. The Morgan fingerprint density at radius 2 is 1.82 bits per heavy atom. The Morgan fingerprint density at radius 3 is 2.32 bits per heavy atom. The highest BCUT2D eigenvalue weighted by Gasteiger charge is 2.27. The van der Waals surface area contributed by atoms with Crippen molar-refractivity contribution in [3.05, 3.63) is 22.7 Å². The molecule has 2 rings (SSSR count). The Hall–Kier alpha value is -1.18. The molecule has 0 saturated heterocycles. The number of aromatic amines is 1. The molecule has 0 aliphatic carbocycles. The summed E-state index contributed by atoms with van der Waals surface area (Å²) >= 11 is 1.47. The number of thiophene rings is 1. The lowest BCUT2D eigenvalue weighted by molar-refractivity contribution is 0.410. The van der Waals surface area contributed by atoms with Crippen molar-refractivity contribution in [2.45, 2.75) is 45.4 Å². The van der Waals surface area contributed by atoms with E-state index in [1.807, 2.05) is 33.8 Å². The molecule has 0 unspecified atom stereocenters. The van der Waals surface area contributed by atoms with E-state index in [-0.39, 0.29) is 0 Å². The van der Waals surface area contributed by atoms with Crippen LogP contribution in [0.3, 0.4) is 0 Å². The number of nitrogens with zero attached hydrogens (tertiary/aromatic N) is 2. The fraction of sp³-hybridized carbons (Fsp3) is 0.533. The molecule has 0 atom stereocenters. The lowest BCUT2D eigenvalue weighted by Crippen LogP contribution is -2.32. The minimum absolute atomic E-state index is 0.412. The molecule has 0 aromatic carbocycles. The largest absolute Gasteiger partial charge is 0.282 e. The number of sulfonamides is 1. The third-order valence-electron chi connectivity index (χ3n) is 3.39. The maximum atomic E-state index is 12.9. The van der Waals surface area contributed by atoms with Gasteiger partial charge in [-0.05, 0) is 38.8 Å². The molecule has 0 bridgehead atoms. The third-order valence-corrected chi connectivity index (χ3v) is 6.62. The van der Waals surface area contributed by atoms with Gasteiger partial charge in [-0.15, -0.1) is 11.3 Å². The lowest BCUT2D eigenvalue weighted by atomic mass is 10.3. The summed E-state index contributed by atoms with van der Waals surface area (Å²) in [6, 6.07) is 3.68. The van der Waals surface area contributed by atoms with Crippen LogP contribution in [0.15, 0.2) is 17.0 Å². The predicted molar refractivity (Wildman–Crippen MR) is 90.7 cm³/mol. The molecule has 0 saturated carbocycles. The van der Waals surface area contributed by atoms with Gasteiger partial charge in [0.2, 0.25) is 10.0 Å². The van der Waals surface area contributed by atoms with Crippen LogP contribution in [-0.2, 0) is 10.0 Å². The summed E-state index contributed by atoms with van der Waals surface area (Å²) in [5.41, 5.74) is 1.76. The Morgan fingerprint density at radius 1 is 1.18 bits per heavy atom. The first-order valence-electron chi connectivity index (χ1n) is 7.53. The van der Waals surface area contributed by atoms with Crippen molar-refractivity contribution in [2.24, 2.45) is 0 Å². The van der Waals surface area contributed by atoms with Crippen LogP contribution in [0.1, 0.15) is 37.3 Å². The van der Waals surface area contributed by atoms with E-state index in [9.17, 15) is 8.42 Å². The van der Waals surface area contributed by atoms with Crippen molar-refractivity contribution in [1.82, 2.24) is 14.5 Å². The maximum absolute atomic E-state index is 12.9. The SMILES string of the molecule is CCCN(CCC)S(=O)(=O)c1cc(-c2cc(C)[nH]n2)sc1C. The fourth-order valence-electron chi connectivity index (χ4n) is 2.38. The Kier molecular flexibility index (Phi) is 5.41. The Bertz CT molecular complexity index is 726. The number of aromatic nitrogens is 2. The summed E-state index contributed by atoms with van der Waals surface area (Å²) < 4.78 is 27.4. The van der Waals surface area contributed by atoms with E-state index in [1.54, 1.807) is 10.4 Å². The number of hydrogen-bond donors (Lipinski definition) is 1. The standard InChI is InChI=1S/C15H23N3O2S2/c1-5-7-18(8-6-2)22(19,20)15-10-14(21-12(15)4)13-9-11(3)16-17-13/h9-10H,5-8H2,1-4H3,(H,16,17). The zero-order valence-electron chi connectivity index (χ0n) is 13.5. The first-order chi connectivity index (χ1) is 10.4. The molecule has 22 heavy (non-hydrogen) atoms. The molecule has 7 heteroatoms. The van der Waals surface area contributed by atoms with Gasteiger partial charge >= 0.3 is 0 Å². The minimum Gasteiger partial charge on any atom is -0.282 e. The van der Waals surface area contributed by atoms with Gasteiger partial charge in [0.1, 0.15) is 5.69 Å². The number of hydrogen-bond acceptors (Lipinski definition) is 4. The Labute approximate surface area is 136 Å². The predicted octanol–water partition coefficient (Wildman–Crippen LogP) is 3.57. The van der Waals surface area contributed by atoms with E-state index in [0.29, 0.717) is 18.0 Å². The molecule has 5 nitrogen and oxygen atoms in total. The summed E-state index contributed by atoms with van der Waals surface area (Å²) in [5.74, 6) is 0. The van der Waals surface area contributed by atoms with Crippen molar-refractivity contribution in [3.8, 4) is 10.6 Å². The van der Waals surface area contributed by atoms with Gasteiger partial charge in [-0.25, -0.2) is 8.42 Å². The van der Waals surface area contributed by atoms with E-state index in [2.05, 4.69) is 10.2 Å². The molecule has 2 aromatic heterocycles. The van der Waals surface area contributed by atoms with Gasteiger partial charge in [0.25, 0.3) is 0 Å². The zero-order valence-corrected chi connectivity index (χ0v) is 15.1. The van der Waals surface area contributed by atoms with Crippen LogP contribution in [0.5, 0.6) is 0 Å².